The Morgan fingerprint density at radius 3 is 1.70 bits per heavy atom. The van der Waals surface area contributed by atoms with Crippen LogP contribution in [0.5, 0.6) is 0 Å². The van der Waals surface area contributed by atoms with E-state index in [1.807, 2.05) is 31.8 Å². The summed E-state index contributed by atoms with van der Waals surface area (Å²) in [6.07, 6.45) is 8.87. The Labute approximate surface area is 281 Å². The second kappa shape index (κ2) is 15.4. The molecule has 238 valence electrons. The van der Waals surface area contributed by atoms with Gasteiger partial charge in [0.05, 0.1) is 5.69 Å². The molecule has 4 aromatic rings. The van der Waals surface area contributed by atoms with E-state index in [1.165, 1.54) is 81.0 Å². The second-order valence-corrected chi connectivity index (χ2v) is 13.7. The summed E-state index contributed by atoms with van der Waals surface area (Å²) in [5.41, 5.74) is 16.1. The molecule has 0 spiro atoms. The molecule has 0 atom stereocenters. The molecule has 1 aliphatic carbocycles. The number of aryl methyl sites for hydroxylation is 2. The molecule has 0 amide bonds. The maximum atomic E-state index is 4.78. The Morgan fingerprint density at radius 1 is 0.522 bits per heavy atom. The molecule has 2 fully saturated rings. The van der Waals surface area contributed by atoms with Gasteiger partial charge in [0, 0.05) is 48.6 Å². The van der Waals surface area contributed by atoms with E-state index in [9.17, 15) is 0 Å². The van der Waals surface area contributed by atoms with Gasteiger partial charge >= 0.3 is 0 Å². The van der Waals surface area contributed by atoms with Gasteiger partial charge in [-0.05, 0) is 104 Å². The lowest BCUT2D eigenvalue weighted by molar-refractivity contribution is 0.313. The number of rotatable bonds is 0. The number of likely N-dealkylation sites (tertiary alicyclic amines) is 2. The van der Waals surface area contributed by atoms with Gasteiger partial charge in [0.15, 0.2) is 0 Å². The van der Waals surface area contributed by atoms with Gasteiger partial charge in [0.25, 0.3) is 0 Å². The molecule has 4 heterocycles. The second-order valence-electron chi connectivity index (χ2n) is 12.7. The number of hydrogen-bond acceptors (Lipinski definition) is 4. The first-order valence-electron chi connectivity index (χ1n) is 17.3. The fourth-order valence-electron chi connectivity index (χ4n) is 7.25. The van der Waals surface area contributed by atoms with Gasteiger partial charge < -0.3 is 9.80 Å². The molecule has 3 aliphatic heterocycles. The highest BCUT2D eigenvalue weighted by Crippen LogP contribution is 2.43. The van der Waals surface area contributed by atoms with Crippen molar-refractivity contribution < 1.29 is 0 Å². The SMILES string of the molecule is CC.CN1CCC(=C2c3ccccc3CCc3cccnc32)CC1.CN1CCC(=C2c3ccccc3CSc3ccccc32)CC1. The third-order valence-corrected chi connectivity index (χ3v) is 10.9. The number of aromatic nitrogens is 1. The minimum atomic E-state index is 1.07. The van der Waals surface area contributed by atoms with Crippen molar-refractivity contribution in [2.75, 3.05) is 40.3 Å². The van der Waals surface area contributed by atoms with E-state index in [1.54, 1.807) is 11.1 Å². The van der Waals surface area contributed by atoms with E-state index in [0.717, 1.165) is 44.5 Å². The van der Waals surface area contributed by atoms with Crippen LogP contribution in [0.4, 0.5) is 0 Å². The average Bonchev–Trinajstić information content (AvgIpc) is 3.39. The maximum absolute atomic E-state index is 4.78. The zero-order valence-corrected chi connectivity index (χ0v) is 29.0. The van der Waals surface area contributed by atoms with Crippen molar-refractivity contribution in [3.8, 4) is 0 Å². The van der Waals surface area contributed by atoms with Crippen molar-refractivity contribution in [1.82, 2.24) is 14.8 Å². The summed E-state index contributed by atoms with van der Waals surface area (Å²) in [5.74, 6) is 1.07. The van der Waals surface area contributed by atoms with Crippen LogP contribution in [0.1, 0.15) is 78.6 Å². The molecule has 0 bridgehead atoms. The molecule has 8 rings (SSSR count). The predicted molar refractivity (Wildman–Crippen MR) is 197 cm³/mol. The topological polar surface area (TPSA) is 19.4 Å². The highest BCUT2D eigenvalue weighted by Gasteiger charge is 2.25. The van der Waals surface area contributed by atoms with Crippen LogP contribution in [0.3, 0.4) is 0 Å². The van der Waals surface area contributed by atoms with E-state index >= 15 is 0 Å². The number of piperidine rings is 2. The first kappa shape index (κ1) is 32.5. The van der Waals surface area contributed by atoms with Crippen LogP contribution in [0.25, 0.3) is 11.1 Å². The largest absolute Gasteiger partial charge is 0.306 e. The Bertz CT molecular complexity index is 1470. The fraction of sp³-hybridized carbons (Fsp3) is 0.357. The maximum Gasteiger partial charge on any atom is 0.0739 e. The van der Waals surface area contributed by atoms with Gasteiger partial charge in [0.1, 0.15) is 0 Å². The molecule has 0 N–H and O–H groups in total. The Kier molecular flexibility index (Phi) is 10.9. The van der Waals surface area contributed by atoms with Crippen LogP contribution in [0, 0.1) is 0 Å². The minimum absolute atomic E-state index is 1.07. The van der Waals surface area contributed by atoms with Crippen LogP contribution in [0.15, 0.2) is 107 Å². The number of nitrogens with zero attached hydrogens (tertiary/aromatic N) is 3. The molecule has 3 nitrogen and oxygen atoms in total. The van der Waals surface area contributed by atoms with E-state index in [2.05, 4.69) is 109 Å². The lowest BCUT2D eigenvalue weighted by Gasteiger charge is -2.27. The van der Waals surface area contributed by atoms with Crippen molar-refractivity contribution in [2.24, 2.45) is 0 Å². The highest BCUT2D eigenvalue weighted by molar-refractivity contribution is 7.98. The summed E-state index contributed by atoms with van der Waals surface area (Å²) >= 11 is 1.98. The summed E-state index contributed by atoms with van der Waals surface area (Å²) in [6, 6.07) is 31.2. The molecule has 4 heteroatoms. The van der Waals surface area contributed by atoms with Gasteiger partial charge in [-0.3, -0.25) is 4.98 Å². The summed E-state index contributed by atoms with van der Waals surface area (Å²) < 4.78 is 0. The van der Waals surface area contributed by atoms with Gasteiger partial charge in [0.2, 0.25) is 0 Å². The normalized spacial score (nSPS) is 17.9. The molecule has 1 aromatic heterocycles. The van der Waals surface area contributed by atoms with Crippen molar-refractivity contribution >= 4 is 22.9 Å². The molecule has 0 saturated carbocycles. The summed E-state index contributed by atoms with van der Waals surface area (Å²) in [7, 11) is 4.45. The third-order valence-electron chi connectivity index (χ3n) is 9.79. The molecule has 46 heavy (non-hydrogen) atoms. The van der Waals surface area contributed by atoms with Gasteiger partial charge in [-0.25, -0.2) is 0 Å². The Morgan fingerprint density at radius 2 is 1.02 bits per heavy atom. The molecule has 0 radical (unpaired) electrons. The van der Waals surface area contributed by atoms with Crippen LogP contribution >= 0.6 is 11.8 Å². The average molecular weight is 628 g/mol. The van der Waals surface area contributed by atoms with Crippen molar-refractivity contribution in [1.29, 1.82) is 0 Å². The molecule has 2 saturated heterocycles. The smallest absolute Gasteiger partial charge is 0.0739 e. The molecule has 3 aromatic carbocycles. The van der Waals surface area contributed by atoms with Crippen LogP contribution in [-0.4, -0.2) is 55.1 Å². The van der Waals surface area contributed by atoms with Gasteiger partial charge in [-0.2, -0.15) is 0 Å². The zero-order valence-electron chi connectivity index (χ0n) is 28.2. The highest BCUT2D eigenvalue weighted by atomic mass is 32.2. The summed E-state index contributed by atoms with van der Waals surface area (Å²) in [5, 5.41) is 0. The summed E-state index contributed by atoms with van der Waals surface area (Å²) in [4.78, 5) is 11.1. The number of hydrogen-bond donors (Lipinski definition) is 0. The standard InChI is InChI=1S/C20H22N2.C20H21NS.C2H6/c1-22-13-10-16(11-14-22)19-18-7-3-2-5-15(18)8-9-17-6-4-12-21-20(17)19;1-21-12-10-15(11-13-21)20-17-7-3-2-6-16(17)14-22-19-9-5-4-8-18(19)20;1-2/h2-7,12H,8-11,13-14H2,1H3;2-9H,10-14H2,1H3;1-2H3. The molecular weight excluding hydrogens is 579 g/mol. The number of benzene rings is 3. The lowest BCUT2D eigenvalue weighted by atomic mass is 9.87. The minimum Gasteiger partial charge on any atom is -0.306 e. The quantitative estimate of drug-likeness (QED) is 0.193. The number of fused-ring (bicyclic) bond motifs is 4. The molecule has 0 unspecified atom stereocenters. The monoisotopic (exact) mass is 627 g/mol. The van der Waals surface area contributed by atoms with Crippen LogP contribution < -0.4 is 0 Å². The third kappa shape index (κ3) is 7.10. The predicted octanol–water partition coefficient (Wildman–Crippen LogP) is 9.55. The van der Waals surface area contributed by atoms with E-state index in [4.69, 9.17) is 4.98 Å². The Balaban J connectivity index is 0.000000153. The fourth-order valence-corrected chi connectivity index (χ4v) is 8.31. The Hall–Kier alpha value is -3.44. The van der Waals surface area contributed by atoms with E-state index in [-0.39, 0.29) is 0 Å². The molecular formula is C42H49N3S. The van der Waals surface area contributed by atoms with Crippen molar-refractivity contribution in [3.63, 3.8) is 0 Å². The first-order valence-corrected chi connectivity index (χ1v) is 18.3. The summed E-state index contributed by atoms with van der Waals surface area (Å²) in [6.45, 7) is 8.67. The lowest BCUT2D eigenvalue weighted by Crippen LogP contribution is -2.27. The zero-order chi connectivity index (χ0) is 31.9. The van der Waals surface area contributed by atoms with Crippen molar-refractivity contribution in [3.05, 3.63) is 141 Å². The molecule has 4 aliphatic rings. The number of thioether (sulfide) groups is 1. The van der Waals surface area contributed by atoms with Crippen molar-refractivity contribution in [2.45, 2.75) is 63.0 Å². The van der Waals surface area contributed by atoms with E-state index in [0.29, 0.717) is 0 Å². The van der Waals surface area contributed by atoms with Gasteiger partial charge in [-0.1, -0.05) is 97.8 Å². The van der Waals surface area contributed by atoms with Crippen LogP contribution in [0.2, 0.25) is 0 Å². The number of pyridine rings is 1. The van der Waals surface area contributed by atoms with E-state index < -0.39 is 0 Å². The van der Waals surface area contributed by atoms with Crippen LogP contribution in [-0.2, 0) is 18.6 Å². The van der Waals surface area contributed by atoms with Gasteiger partial charge in [-0.15, -0.1) is 11.8 Å². The first-order chi connectivity index (χ1) is 22.7.